The summed E-state index contributed by atoms with van der Waals surface area (Å²) in [6.07, 6.45) is -2.93. The van der Waals surface area contributed by atoms with E-state index < -0.39 is 19.0 Å². The fourth-order valence-electron chi connectivity index (χ4n) is 4.65. The van der Waals surface area contributed by atoms with E-state index in [9.17, 15) is 18.0 Å². The van der Waals surface area contributed by atoms with Gasteiger partial charge >= 0.3 is 6.18 Å². The van der Waals surface area contributed by atoms with E-state index in [1.54, 1.807) is 19.1 Å². The lowest BCUT2D eigenvalue weighted by Crippen LogP contribution is -2.45. The molecule has 2 aliphatic heterocycles. The molecule has 0 aliphatic carbocycles. The maximum absolute atomic E-state index is 12.4. The van der Waals surface area contributed by atoms with E-state index >= 15 is 0 Å². The summed E-state index contributed by atoms with van der Waals surface area (Å²) < 4.78 is 48.2. The number of rotatable bonds is 6. The molecule has 2 saturated heterocycles. The number of amides is 1. The summed E-state index contributed by atoms with van der Waals surface area (Å²) in [7, 11) is 3.24. The van der Waals surface area contributed by atoms with Crippen LogP contribution < -0.4 is 9.47 Å². The van der Waals surface area contributed by atoms with E-state index in [-0.39, 0.29) is 11.3 Å². The Morgan fingerprint density at radius 1 is 1.14 bits per heavy atom. The quantitative estimate of drug-likeness (QED) is 0.709. The van der Waals surface area contributed by atoms with Crippen molar-refractivity contribution in [2.75, 3.05) is 40.4 Å². The molecule has 1 atom stereocenters. The van der Waals surface area contributed by atoms with Crippen molar-refractivity contribution in [3.8, 4) is 11.5 Å². The molecule has 1 aromatic rings. The van der Waals surface area contributed by atoms with Crippen molar-refractivity contribution in [2.24, 2.45) is 5.41 Å². The zero-order valence-electron chi connectivity index (χ0n) is 17.1. The summed E-state index contributed by atoms with van der Waals surface area (Å²) >= 11 is 0. The first-order valence-electron chi connectivity index (χ1n) is 10.0. The molecule has 0 N–H and O–H groups in total. The second-order valence-corrected chi connectivity index (χ2v) is 8.15. The van der Waals surface area contributed by atoms with Crippen molar-refractivity contribution in [1.29, 1.82) is 0 Å². The standard InChI is InChI=1S/C21H29F3N2O3/c1-28-17-6-3-5-16(19(17)29-2)13-25-11-4-8-20(14-25)10-12-26(15-20)18(27)7-9-21(22,23)24/h3,5-6H,4,7-15H2,1-2H3/t20-/m1/s1. The molecule has 3 rings (SSSR count). The number of nitrogens with zero attached hydrogens (tertiary/aromatic N) is 2. The van der Waals surface area contributed by atoms with Crippen LogP contribution in [0.3, 0.4) is 0 Å². The predicted molar refractivity (Wildman–Crippen MR) is 103 cm³/mol. The SMILES string of the molecule is COc1cccc(CN2CCC[C@@]3(CCN(C(=O)CCC(F)(F)F)C3)C2)c1OC. The molecule has 0 bridgehead atoms. The molecule has 1 amide bonds. The Morgan fingerprint density at radius 3 is 2.62 bits per heavy atom. The highest BCUT2D eigenvalue weighted by molar-refractivity contribution is 5.76. The Bertz CT molecular complexity index is 726. The van der Waals surface area contributed by atoms with Crippen LogP contribution in [0.15, 0.2) is 18.2 Å². The van der Waals surface area contributed by atoms with Crippen molar-refractivity contribution >= 4 is 5.91 Å². The average Bonchev–Trinajstić information content (AvgIpc) is 3.08. The Morgan fingerprint density at radius 2 is 1.93 bits per heavy atom. The Hall–Kier alpha value is -1.96. The molecule has 1 aromatic carbocycles. The zero-order chi connectivity index (χ0) is 21.1. The van der Waals surface area contributed by atoms with Crippen molar-refractivity contribution in [3.05, 3.63) is 23.8 Å². The second-order valence-electron chi connectivity index (χ2n) is 8.15. The van der Waals surface area contributed by atoms with Gasteiger partial charge in [-0.3, -0.25) is 9.69 Å². The lowest BCUT2D eigenvalue weighted by Gasteiger charge is -2.40. The van der Waals surface area contributed by atoms with Gasteiger partial charge in [0.1, 0.15) is 0 Å². The minimum absolute atomic E-state index is 0.0295. The normalized spacial score (nSPS) is 22.9. The number of methoxy groups -OCH3 is 2. The van der Waals surface area contributed by atoms with Crippen LogP contribution in [0.1, 0.15) is 37.7 Å². The maximum Gasteiger partial charge on any atom is 0.389 e. The third-order valence-corrected chi connectivity index (χ3v) is 6.03. The van der Waals surface area contributed by atoms with Crippen molar-refractivity contribution < 1.29 is 27.4 Å². The highest BCUT2D eigenvalue weighted by atomic mass is 19.4. The third-order valence-electron chi connectivity index (χ3n) is 6.03. The number of para-hydroxylation sites is 1. The number of likely N-dealkylation sites (tertiary alicyclic amines) is 2. The lowest BCUT2D eigenvalue weighted by molar-refractivity contribution is -0.148. The van der Waals surface area contributed by atoms with E-state index in [4.69, 9.17) is 9.47 Å². The summed E-state index contributed by atoms with van der Waals surface area (Å²) in [6.45, 7) is 3.59. The van der Waals surface area contributed by atoms with Crippen LogP contribution in [-0.4, -0.2) is 62.3 Å². The predicted octanol–water partition coefficient (Wildman–Crippen LogP) is 3.86. The molecule has 1 spiro atoms. The summed E-state index contributed by atoms with van der Waals surface area (Å²) in [5.74, 6) is 1.04. The van der Waals surface area contributed by atoms with Gasteiger partial charge in [0.2, 0.25) is 5.91 Å². The molecule has 29 heavy (non-hydrogen) atoms. The van der Waals surface area contributed by atoms with Crippen molar-refractivity contribution in [2.45, 2.75) is 44.8 Å². The van der Waals surface area contributed by atoms with Gasteiger partial charge < -0.3 is 14.4 Å². The van der Waals surface area contributed by atoms with Gasteiger partial charge in [0.05, 0.1) is 20.6 Å². The van der Waals surface area contributed by atoms with E-state index in [1.165, 1.54) is 0 Å². The summed E-state index contributed by atoms with van der Waals surface area (Å²) in [4.78, 5) is 16.2. The molecule has 162 valence electrons. The molecule has 0 saturated carbocycles. The van der Waals surface area contributed by atoms with Crippen molar-refractivity contribution in [3.63, 3.8) is 0 Å². The first kappa shape index (κ1) is 21.7. The number of ether oxygens (including phenoxy) is 2. The first-order valence-corrected chi connectivity index (χ1v) is 10.0. The van der Waals surface area contributed by atoms with Gasteiger partial charge in [0.15, 0.2) is 11.5 Å². The third kappa shape index (κ3) is 5.35. The van der Waals surface area contributed by atoms with Crippen LogP contribution in [0, 0.1) is 5.41 Å². The number of alkyl halides is 3. The summed E-state index contributed by atoms with van der Waals surface area (Å²) in [6, 6.07) is 5.82. The van der Waals surface area contributed by atoms with E-state index in [2.05, 4.69) is 4.90 Å². The maximum atomic E-state index is 12.4. The molecule has 2 heterocycles. The molecule has 2 fully saturated rings. The number of carbonyl (C=O) groups excluding carboxylic acids is 1. The Labute approximate surface area is 169 Å². The Balaban J connectivity index is 1.62. The smallest absolute Gasteiger partial charge is 0.389 e. The molecular weight excluding hydrogens is 385 g/mol. The minimum atomic E-state index is -4.29. The zero-order valence-corrected chi connectivity index (χ0v) is 17.1. The van der Waals surface area contributed by atoms with Crippen molar-refractivity contribution in [1.82, 2.24) is 9.80 Å². The van der Waals surface area contributed by atoms with E-state index in [0.717, 1.165) is 43.7 Å². The highest BCUT2D eigenvalue weighted by Gasteiger charge is 2.43. The first-order chi connectivity index (χ1) is 13.8. The monoisotopic (exact) mass is 414 g/mol. The van der Waals surface area contributed by atoms with Gasteiger partial charge in [-0.2, -0.15) is 13.2 Å². The molecule has 8 heteroatoms. The Kier molecular flexibility index (Phi) is 6.61. The molecule has 5 nitrogen and oxygen atoms in total. The summed E-state index contributed by atoms with van der Waals surface area (Å²) in [5, 5.41) is 0. The minimum Gasteiger partial charge on any atom is -0.493 e. The number of carbonyl (C=O) groups is 1. The van der Waals surface area contributed by atoms with Crippen LogP contribution in [-0.2, 0) is 11.3 Å². The molecular formula is C21H29F3N2O3. The van der Waals surface area contributed by atoms with Crippen LogP contribution in [0.25, 0.3) is 0 Å². The number of halogens is 3. The molecule has 2 aliphatic rings. The van der Waals surface area contributed by atoms with Crippen LogP contribution >= 0.6 is 0 Å². The van der Waals surface area contributed by atoms with Gasteiger partial charge in [-0.25, -0.2) is 0 Å². The summed E-state index contributed by atoms with van der Waals surface area (Å²) in [5.41, 5.74) is 1.01. The lowest BCUT2D eigenvalue weighted by atomic mass is 9.79. The number of hydrogen-bond acceptors (Lipinski definition) is 4. The topological polar surface area (TPSA) is 42.0 Å². The van der Waals surface area contributed by atoms with Gasteiger partial charge in [-0.05, 0) is 31.9 Å². The largest absolute Gasteiger partial charge is 0.493 e. The second kappa shape index (κ2) is 8.81. The highest BCUT2D eigenvalue weighted by Crippen LogP contribution is 2.41. The average molecular weight is 414 g/mol. The fourth-order valence-corrected chi connectivity index (χ4v) is 4.65. The van der Waals surface area contributed by atoms with Gasteiger partial charge in [0.25, 0.3) is 0 Å². The van der Waals surface area contributed by atoms with E-state index in [0.29, 0.717) is 25.4 Å². The van der Waals surface area contributed by atoms with Crippen LogP contribution in [0.2, 0.25) is 0 Å². The number of hydrogen-bond donors (Lipinski definition) is 0. The van der Waals surface area contributed by atoms with Gasteiger partial charge in [0, 0.05) is 43.6 Å². The van der Waals surface area contributed by atoms with E-state index in [1.807, 2.05) is 18.2 Å². The fraction of sp³-hybridized carbons (Fsp3) is 0.667. The van der Waals surface area contributed by atoms with Crippen LogP contribution in [0.4, 0.5) is 13.2 Å². The molecule has 0 unspecified atom stereocenters. The van der Waals surface area contributed by atoms with Crippen LogP contribution in [0.5, 0.6) is 11.5 Å². The van der Waals surface area contributed by atoms with Gasteiger partial charge in [-0.1, -0.05) is 12.1 Å². The molecule has 0 aromatic heterocycles. The number of benzene rings is 1. The number of piperidine rings is 1. The molecule has 0 radical (unpaired) electrons. The van der Waals surface area contributed by atoms with Gasteiger partial charge in [-0.15, -0.1) is 0 Å².